The first-order chi connectivity index (χ1) is 9.74. The summed E-state index contributed by atoms with van der Waals surface area (Å²) in [4.78, 5) is 0. The lowest BCUT2D eigenvalue weighted by Crippen LogP contribution is -2.12. The van der Waals surface area contributed by atoms with Crippen molar-refractivity contribution in [2.45, 2.75) is 38.6 Å². The number of hydrogen-bond acceptors (Lipinski definition) is 2. The molecule has 106 valence electrons. The molecule has 0 aliphatic heterocycles. The SMILES string of the molecule is CCCc1nn(C)cc1-c1cccc2c1CCC2NC. The van der Waals surface area contributed by atoms with Crippen LogP contribution >= 0.6 is 0 Å². The Morgan fingerprint density at radius 3 is 2.95 bits per heavy atom. The van der Waals surface area contributed by atoms with Crippen molar-refractivity contribution in [1.29, 1.82) is 0 Å². The minimum absolute atomic E-state index is 0.510. The number of aromatic nitrogens is 2. The first kappa shape index (κ1) is 13.4. The zero-order valence-electron chi connectivity index (χ0n) is 12.6. The maximum Gasteiger partial charge on any atom is 0.0702 e. The monoisotopic (exact) mass is 269 g/mol. The van der Waals surface area contributed by atoms with Crippen LogP contribution in [0.3, 0.4) is 0 Å². The number of fused-ring (bicyclic) bond motifs is 1. The predicted molar refractivity (Wildman–Crippen MR) is 82.8 cm³/mol. The Morgan fingerprint density at radius 2 is 2.20 bits per heavy atom. The minimum Gasteiger partial charge on any atom is -0.313 e. The molecule has 0 spiro atoms. The van der Waals surface area contributed by atoms with Crippen molar-refractivity contribution in [2.75, 3.05) is 7.05 Å². The molecule has 0 amide bonds. The highest BCUT2D eigenvalue weighted by Crippen LogP contribution is 2.38. The second-order valence-electron chi connectivity index (χ2n) is 5.67. The van der Waals surface area contributed by atoms with Gasteiger partial charge in [0.1, 0.15) is 0 Å². The van der Waals surface area contributed by atoms with Gasteiger partial charge in [-0.3, -0.25) is 4.68 Å². The summed E-state index contributed by atoms with van der Waals surface area (Å²) in [5.74, 6) is 0. The van der Waals surface area contributed by atoms with E-state index in [1.165, 1.54) is 34.4 Å². The lowest BCUT2D eigenvalue weighted by molar-refractivity contribution is 0.590. The quantitative estimate of drug-likeness (QED) is 0.923. The molecule has 3 nitrogen and oxygen atoms in total. The zero-order chi connectivity index (χ0) is 14.1. The number of aryl methyl sites for hydroxylation is 2. The van der Waals surface area contributed by atoms with Crippen LogP contribution in [-0.2, 0) is 19.9 Å². The van der Waals surface area contributed by atoms with E-state index in [-0.39, 0.29) is 0 Å². The van der Waals surface area contributed by atoms with Crippen molar-refractivity contribution < 1.29 is 0 Å². The minimum atomic E-state index is 0.510. The number of rotatable bonds is 4. The second kappa shape index (κ2) is 5.41. The average molecular weight is 269 g/mol. The van der Waals surface area contributed by atoms with Crippen LogP contribution in [0, 0.1) is 0 Å². The maximum absolute atomic E-state index is 4.64. The van der Waals surface area contributed by atoms with Crippen LogP contribution in [-0.4, -0.2) is 16.8 Å². The van der Waals surface area contributed by atoms with E-state index in [4.69, 9.17) is 0 Å². The first-order valence-corrected chi connectivity index (χ1v) is 7.56. The molecular weight excluding hydrogens is 246 g/mol. The molecule has 0 saturated carbocycles. The van der Waals surface area contributed by atoms with Gasteiger partial charge >= 0.3 is 0 Å². The lowest BCUT2D eigenvalue weighted by atomic mass is 9.95. The highest BCUT2D eigenvalue weighted by atomic mass is 15.2. The van der Waals surface area contributed by atoms with Crippen molar-refractivity contribution in [2.24, 2.45) is 7.05 Å². The zero-order valence-corrected chi connectivity index (χ0v) is 12.6. The van der Waals surface area contributed by atoms with Crippen LogP contribution in [0.2, 0.25) is 0 Å². The topological polar surface area (TPSA) is 29.9 Å². The van der Waals surface area contributed by atoms with E-state index in [9.17, 15) is 0 Å². The van der Waals surface area contributed by atoms with Crippen molar-refractivity contribution in [3.63, 3.8) is 0 Å². The van der Waals surface area contributed by atoms with E-state index in [1.807, 2.05) is 11.7 Å². The van der Waals surface area contributed by atoms with Crippen LogP contribution in [0.15, 0.2) is 24.4 Å². The van der Waals surface area contributed by atoms with Crippen LogP contribution in [0.5, 0.6) is 0 Å². The summed E-state index contributed by atoms with van der Waals surface area (Å²) in [6, 6.07) is 7.22. The van der Waals surface area contributed by atoms with Crippen LogP contribution in [0.1, 0.15) is 42.6 Å². The summed E-state index contributed by atoms with van der Waals surface area (Å²) in [7, 11) is 4.07. The predicted octanol–water partition coefficient (Wildman–Crippen LogP) is 3.25. The molecule has 1 aromatic carbocycles. The molecule has 1 heterocycles. The Labute approximate surface area is 121 Å². The molecule has 1 atom stereocenters. The third kappa shape index (κ3) is 2.16. The molecule has 0 radical (unpaired) electrons. The summed E-state index contributed by atoms with van der Waals surface area (Å²) in [6.45, 7) is 2.21. The van der Waals surface area contributed by atoms with Gasteiger partial charge in [-0.2, -0.15) is 5.10 Å². The highest BCUT2D eigenvalue weighted by molar-refractivity contribution is 5.71. The Kier molecular flexibility index (Phi) is 3.62. The molecule has 1 aliphatic rings. The molecule has 1 aromatic heterocycles. The summed E-state index contributed by atoms with van der Waals surface area (Å²) in [5, 5.41) is 8.07. The summed E-state index contributed by atoms with van der Waals surface area (Å²) < 4.78 is 1.95. The van der Waals surface area contributed by atoms with E-state index >= 15 is 0 Å². The number of nitrogens with one attached hydrogen (secondary N) is 1. The van der Waals surface area contributed by atoms with Gasteiger partial charge in [0.05, 0.1) is 5.69 Å². The normalized spacial score (nSPS) is 17.4. The fourth-order valence-corrected chi connectivity index (χ4v) is 3.39. The maximum atomic E-state index is 4.64. The molecule has 1 unspecified atom stereocenters. The Morgan fingerprint density at radius 1 is 1.35 bits per heavy atom. The van der Waals surface area contributed by atoms with Gasteiger partial charge in [0.25, 0.3) is 0 Å². The van der Waals surface area contributed by atoms with Crippen molar-refractivity contribution in [1.82, 2.24) is 15.1 Å². The van der Waals surface area contributed by atoms with Crippen LogP contribution in [0.25, 0.3) is 11.1 Å². The lowest BCUT2D eigenvalue weighted by Gasteiger charge is -2.12. The van der Waals surface area contributed by atoms with Crippen molar-refractivity contribution in [3.8, 4) is 11.1 Å². The van der Waals surface area contributed by atoms with E-state index < -0.39 is 0 Å². The molecule has 20 heavy (non-hydrogen) atoms. The fraction of sp³-hybridized carbons (Fsp3) is 0.471. The molecule has 3 rings (SSSR count). The van der Waals surface area contributed by atoms with Gasteiger partial charge in [0, 0.05) is 24.8 Å². The van der Waals surface area contributed by atoms with Gasteiger partial charge < -0.3 is 5.32 Å². The molecule has 0 bridgehead atoms. The van der Waals surface area contributed by atoms with Gasteiger partial charge in [-0.25, -0.2) is 0 Å². The molecule has 0 saturated heterocycles. The average Bonchev–Trinajstić information content (AvgIpc) is 3.02. The third-order valence-corrected chi connectivity index (χ3v) is 4.30. The molecule has 1 N–H and O–H groups in total. The molecule has 1 aliphatic carbocycles. The molecular formula is C17H23N3. The number of hydrogen-bond donors (Lipinski definition) is 1. The van der Waals surface area contributed by atoms with Crippen LogP contribution < -0.4 is 5.32 Å². The van der Waals surface area contributed by atoms with Gasteiger partial charge in [0.15, 0.2) is 0 Å². The summed E-state index contributed by atoms with van der Waals surface area (Å²) in [5.41, 5.74) is 6.92. The Hall–Kier alpha value is -1.61. The molecule has 3 heteroatoms. The Bertz CT molecular complexity index is 613. The van der Waals surface area contributed by atoms with Gasteiger partial charge in [-0.1, -0.05) is 31.5 Å². The van der Waals surface area contributed by atoms with Gasteiger partial charge in [-0.05, 0) is 43.0 Å². The molecule has 2 aromatic rings. The third-order valence-electron chi connectivity index (χ3n) is 4.30. The van der Waals surface area contributed by atoms with Crippen LogP contribution in [0.4, 0.5) is 0 Å². The van der Waals surface area contributed by atoms with E-state index in [0.29, 0.717) is 6.04 Å². The van der Waals surface area contributed by atoms with E-state index in [1.54, 1.807) is 0 Å². The number of benzene rings is 1. The number of nitrogens with zero attached hydrogens (tertiary/aromatic N) is 2. The summed E-state index contributed by atoms with van der Waals surface area (Å²) >= 11 is 0. The Balaban J connectivity index is 2.10. The first-order valence-electron chi connectivity index (χ1n) is 7.56. The second-order valence-corrected chi connectivity index (χ2v) is 5.67. The van der Waals surface area contributed by atoms with Crippen molar-refractivity contribution >= 4 is 0 Å². The largest absolute Gasteiger partial charge is 0.313 e. The molecule has 0 fully saturated rings. The van der Waals surface area contributed by atoms with E-state index in [0.717, 1.165) is 19.3 Å². The highest BCUT2D eigenvalue weighted by Gasteiger charge is 2.24. The van der Waals surface area contributed by atoms with Gasteiger partial charge in [0.2, 0.25) is 0 Å². The van der Waals surface area contributed by atoms with Gasteiger partial charge in [-0.15, -0.1) is 0 Å². The van der Waals surface area contributed by atoms with Crippen molar-refractivity contribution in [3.05, 3.63) is 41.2 Å². The smallest absolute Gasteiger partial charge is 0.0702 e. The summed E-state index contributed by atoms with van der Waals surface area (Å²) in [6.07, 6.45) is 6.73. The standard InChI is InChI=1S/C17H23N3/c1-4-6-17-15(11-20(3)19-17)12-7-5-8-14-13(12)9-10-16(14)18-2/h5,7-8,11,16,18H,4,6,9-10H2,1-3H3. The van der Waals surface area contributed by atoms with E-state index in [2.05, 4.69) is 48.8 Å². The fourth-order valence-electron chi connectivity index (χ4n) is 3.39.